The van der Waals surface area contributed by atoms with Crippen molar-refractivity contribution >= 4 is 23.6 Å². The lowest BCUT2D eigenvalue weighted by molar-refractivity contribution is -0.142. The number of thioether (sulfide) groups is 1. The van der Waals surface area contributed by atoms with Gasteiger partial charge in [0.15, 0.2) is 0 Å². The standard InChI is InChI=1S/C10H17NO3S/c1-6-5-7(6)9(12)11-8(10(13)14)3-4-15-2/h6-8H,3-5H2,1-2H3,(H,11,12)(H,13,14)/t6?,7?,8-/m0/s1. The fraction of sp³-hybridized carbons (Fsp3) is 0.800. The van der Waals surface area contributed by atoms with E-state index >= 15 is 0 Å². The van der Waals surface area contributed by atoms with E-state index in [1.807, 2.05) is 13.2 Å². The minimum absolute atomic E-state index is 0.0427. The Labute approximate surface area is 93.8 Å². The average molecular weight is 231 g/mol. The number of carboxylic acid groups (broad SMARTS) is 1. The van der Waals surface area contributed by atoms with Crippen molar-refractivity contribution < 1.29 is 14.7 Å². The van der Waals surface area contributed by atoms with Gasteiger partial charge in [-0.3, -0.25) is 4.79 Å². The number of carbonyl (C=O) groups is 2. The summed E-state index contributed by atoms with van der Waals surface area (Å²) in [6.07, 6.45) is 3.30. The number of hydrogen-bond acceptors (Lipinski definition) is 3. The monoisotopic (exact) mass is 231 g/mol. The molecule has 5 heteroatoms. The number of aliphatic carboxylic acids is 1. The summed E-state index contributed by atoms with van der Waals surface area (Å²) in [4.78, 5) is 22.4. The highest BCUT2D eigenvalue weighted by Gasteiger charge is 2.40. The molecule has 0 saturated heterocycles. The molecule has 1 aliphatic carbocycles. The maximum Gasteiger partial charge on any atom is 0.326 e. The molecule has 1 rings (SSSR count). The number of rotatable bonds is 6. The number of hydrogen-bond donors (Lipinski definition) is 2. The summed E-state index contributed by atoms with van der Waals surface area (Å²) in [5.74, 6) is 0.167. The van der Waals surface area contributed by atoms with Crippen molar-refractivity contribution in [1.82, 2.24) is 5.32 Å². The van der Waals surface area contributed by atoms with Crippen LogP contribution in [0.1, 0.15) is 19.8 Å². The summed E-state index contributed by atoms with van der Waals surface area (Å²) in [5, 5.41) is 11.5. The van der Waals surface area contributed by atoms with Gasteiger partial charge < -0.3 is 10.4 Å². The van der Waals surface area contributed by atoms with Crippen molar-refractivity contribution in [2.75, 3.05) is 12.0 Å². The second-order valence-corrected chi connectivity index (χ2v) is 4.99. The summed E-state index contributed by atoms with van der Waals surface area (Å²) in [6.45, 7) is 2.00. The molecule has 0 aromatic heterocycles. The fourth-order valence-electron chi connectivity index (χ4n) is 1.46. The molecular weight excluding hydrogens is 214 g/mol. The van der Waals surface area contributed by atoms with Crippen LogP contribution in [-0.4, -0.2) is 35.0 Å². The summed E-state index contributed by atoms with van der Waals surface area (Å²) in [5.41, 5.74) is 0. The fourth-order valence-corrected chi connectivity index (χ4v) is 1.93. The van der Waals surface area contributed by atoms with Crippen LogP contribution in [0.4, 0.5) is 0 Å². The summed E-state index contributed by atoms with van der Waals surface area (Å²) in [7, 11) is 0. The van der Waals surface area contributed by atoms with Gasteiger partial charge in [0.25, 0.3) is 0 Å². The van der Waals surface area contributed by atoms with Crippen LogP contribution in [0, 0.1) is 11.8 Å². The zero-order valence-electron chi connectivity index (χ0n) is 9.03. The van der Waals surface area contributed by atoms with Gasteiger partial charge in [0.1, 0.15) is 6.04 Å². The number of carbonyl (C=O) groups excluding carboxylic acids is 1. The third-order valence-corrected chi connectivity index (χ3v) is 3.32. The SMILES string of the molecule is CSCC[C@H](NC(=O)C1CC1C)C(=O)O. The summed E-state index contributed by atoms with van der Waals surface area (Å²) >= 11 is 1.58. The Kier molecular flexibility index (Phi) is 4.45. The molecule has 1 aliphatic rings. The van der Waals surface area contributed by atoms with Crippen LogP contribution in [0.15, 0.2) is 0 Å². The molecule has 0 heterocycles. The van der Waals surface area contributed by atoms with Crippen molar-refractivity contribution in [3.05, 3.63) is 0 Å². The van der Waals surface area contributed by atoms with Gasteiger partial charge in [0, 0.05) is 5.92 Å². The molecular formula is C10H17NO3S. The molecule has 0 aromatic carbocycles. The molecule has 0 radical (unpaired) electrons. The predicted molar refractivity (Wildman–Crippen MR) is 59.8 cm³/mol. The highest BCUT2D eigenvalue weighted by molar-refractivity contribution is 7.98. The topological polar surface area (TPSA) is 66.4 Å². The van der Waals surface area contributed by atoms with Crippen LogP contribution in [0.25, 0.3) is 0 Å². The van der Waals surface area contributed by atoms with Gasteiger partial charge in [0.05, 0.1) is 0 Å². The zero-order valence-corrected chi connectivity index (χ0v) is 9.84. The highest BCUT2D eigenvalue weighted by Crippen LogP contribution is 2.37. The molecule has 1 fully saturated rings. The van der Waals surface area contributed by atoms with E-state index in [0.29, 0.717) is 12.3 Å². The van der Waals surface area contributed by atoms with E-state index in [1.165, 1.54) is 0 Å². The first-order valence-corrected chi connectivity index (χ1v) is 6.47. The molecule has 1 saturated carbocycles. The van der Waals surface area contributed by atoms with Gasteiger partial charge in [0.2, 0.25) is 5.91 Å². The van der Waals surface area contributed by atoms with E-state index in [-0.39, 0.29) is 11.8 Å². The van der Waals surface area contributed by atoms with E-state index in [1.54, 1.807) is 11.8 Å². The molecule has 15 heavy (non-hydrogen) atoms. The number of amides is 1. The lowest BCUT2D eigenvalue weighted by atomic mass is 10.2. The van der Waals surface area contributed by atoms with Crippen molar-refractivity contribution in [2.45, 2.75) is 25.8 Å². The van der Waals surface area contributed by atoms with Crippen LogP contribution < -0.4 is 5.32 Å². The van der Waals surface area contributed by atoms with Gasteiger partial charge in [-0.25, -0.2) is 4.79 Å². The van der Waals surface area contributed by atoms with Gasteiger partial charge in [-0.05, 0) is 30.8 Å². The van der Waals surface area contributed by atoms with Gasteiger partial charge in [-0.1, -0.05) is 6.92 Å². The number of nitrogens with one attached hydrogen (secondary N) is 1. The molecule has 2 unspecified atom stereocenters. The second-order valence-electron chi connectivity index (χ2n) is 4.00. The Morgan fingerprint density at radius 3 is 2.60 bits per heavy atom. The second kappa shape index (κ2) is 5.39. The largest absolute Gasteiger partial charge is 0.480 e. The predicted octanol–water partition coefficient (Wildman–Crippen LogP) is 0.965. The molecule has 0 bridgehead atoms. The summed E-state index contributed by atoms with van der Waals surface area (Å²) in [6, 6.07) is -0.724. The third-order valence-electron chi connectivity index (χ3n) is 2.67. The third kappa shape index (κ3) is 3.74. The molecule has 4 nitrogen and oxygen atoms in total. The van der Waals surface area contributed by atoms with Crippen LogP contribution in [0.2, 0.25) is 0 Å². The first-order valence-electron chi connectivity index (χ1n) is 5.08. The van der Waals surface area contributed by atoms with Gasteiger partial charge in [-0.15, -0.1) is 0 Å². The Balaban J connectivity index is 2.36. The quantitative estimate of drug-likeness (QED) is 0.714. The normalized spacial score (nSPS) is 25.7. The van der Waals surface area contributed by atoms with E-state index < -0.39 is 12.0 Å². The highest BCUT2D eigenvalue weighted by atomic mass is 32.2. The van der Waals surface area contributed by atoms with E-state index in [4.69, 9.17) is 5.11 Å². The lowest BCUT2D eigenvalue weighted by Crippen LogP contribution is -2.42. The van der Waals surface area contributed by atoms with Crippen molar-refractivity contribution in [3.63, 3.8) is 0 Å². The first-order chi connectivity index (χ1) is 7.06. The van der Waals surface area contributed by atoms with Crippen molar-refractivity contribution in [3.8, 4) is 0 Å². The Bertz CT molecular complexity index is 257. The summed E-state index contributed by atoms with van der Waals surface area (Å²) < 4.78 is 0. The van der Waals surface area contributed by atoms with Gasteiger partial charge >= 0.3 is 5.97 Å². The van der Waals surface area contributed by atoms with Crippen LogP contribution >= 0.6 is 11.8 Å². The van der Waals surface area contributed by atoms with Crippen LogP contribution in [-0.2, 0) is 9.59 Å². The van der Waals surface area contributed by atoms with Crippen molar-refractivity contribution in [2.24, 2.45) is 11.8 Å². The molecule has 86 valence electrons. The Morgan fingerprint density at radius 2 is 2.20 bits per heavy atom. The average Bonchev–Trinajstić information content (AvgIpc) is 2.89. The lowest BCUT2D eigenvalue weighted by Gasteiger charge is -2.13. The smallest absolute Gasteiger partial charge is 0.326 e. The van der Waals surface area contributed by atoms with E-state index in [2.05, 4.69) is 5.32 Å². The number of carboxylic acids is 1. The molecule has 2 N–H and O–H groups in total. The maximum absolute atomic E-state index is 11.5. The van der Waals surface area contributed by atoms with E-state index in [9.17, 15) is 9.59 Å². The molecule has 3 atom stereocenters. The van der Waals surface area contributed by atoms with Crippen LogP contribution in [0.5, 0.6) is 0 Å². The zero-order chi connectivity index (χ0) is 11.4. The molecule has 0 aliphatic heterocycles. The van der Waals surface area contributed by atoms with Crippen molar-refractivity contribution in [1.29, 1.82) is 0 Å². The van der Waals surface area contributed by atoms with E-state index in [0.717, 1.165) is 12.2 Å². The minimum Gasteiger partial charge on any atom is -0.480 e. The Hall–Kier alpha value is -0.710. The maximum atomic E-state index is 11.5. The minimum atomic E-state index is -0.939. The van der Waals surface area contributed by atoms with Gasteiger partial charge in [-0.2, -0.15) is 11.8 Å². The first kappa shape index (κ1) is 12.4. The molecule has 0 aromatic rings. The molecule has 1 amide bonds. The molecule has 0 spiro atoms. The van der Waals surface area contributed by atoms with Crippen LogP contribution in [0.3, 0.4) is 0 Å². The Morgan fingerprint density at radius 1 is 1.60 bits per heavy atom.